The van der Waals surface area contributed by atoms with E-state index >= 15 is 0 Å². The number of carbonyl (C=O) groups is 2. The lowest BCUT2D eigenvalue weighted by Crippen LogP contribution is -2.20. The molecule has 0 saturated heterocycles. The number of ketones is 1. The van der Waals surface area contributed by atoms with Crippen molar-refractivity contribution in [3.63, 3.8) is 0 Å². The van der Waals surface area contributed by atoms with Crippen LogP contribution < -0.4 is 0 Å². The van der Waals surface area contributed by atoms with Crippen LogP contribution in [0, 0.1) is 5.92 Å². The van der Waals surface area contributed by atoms with E-state index in [9.17, 15) is 35.9 Å². The second-order valence-electron chi connectivity index (χ2n) is 6.98. The van der Waals surface area contributed by atoms with Crippen molar-refractivity contribution in [3.05, 3.63) is 65.0 Å². The van der Waals surface area contributed by atoms with Crippen LogP contribution in [0.5, 0.6) is 0 Å². The molecule has 2 aromatic rings. The van der Waals surface area contributed by atoms with Crippen molar-refractivity contribution in [3.8, 4) is 0 Å². The first-order valence-electron chi connectivity index (χ1n) is 9.13. The number of nitrogens with zero attached hydrogens (tertiary/aromatic N) is 1. The van der Waals surface area contributed by atoms with Crippen molar-refractivity contribution < 1.29 is 40.7 Å². The lowest BCUT2D eigenvalue weighted by Gasteiger charge is -2.21. The van der Waals surface area contributed by atoms with Gasteiger partial charge < -0.3 is 4.74 Å². The molecule has 31 heavy (non-hydrogen) atoms. The summed E-state index contributed by atoms with van der Waals surface area (Å²) in [6.07, 6.45) is -9.06. The van der Waals surface area contributed by atoms with Crippen molar-refractivity contribution in [2.75, 3.05) is 7.11 Å². The number of hydrogen-bond donors (Lipinski definition) is 0. The van der Waals surface area contributed by atoms with Crippen molar-refractivity contribution in [1.29, 1.82) is 0 Å². The molecule has 2 atom stereocenters. The highest BCUT2D eigenvalue weighted by Gasteiger charge is 2.37. The van der Waals surface area contributed by atoms with Gasteiger partial charge in [-0.1, -0.05) is 19.1 Å². The van der Waals surface area contributed by atoms with E-state index in [-0.39, 0.29) is 12.0 Å². The molecular formula is C21H19F6NO3. The summed E-state index contributed by atoms with van der Waals surface area (Å²) in [5.41, 5.74) is -2.48. The molecule has 1 heterocycles. The van der Waals surface area contributed by atoms with E-state index in [4.69, 9.17) is 0 Å². The summed E-state index contributed by atoms with van der Waals surface area (Å²) in [7, 11) is 1.14. The van der Waals surface area contributed by atoms with E-state index in [2.05, 4.69) is 9.72 Å². The molecule has 0 aliphatic carbocycles. The number of benzene rings is 1. The van der Waals surface area contributed by atoms with Gasteiger partial charge in [-0.15, -0.1) is 0 Å². The van der Waals surface area contributed by atoms with Gasteiger partial charge in [-0.2, -0.15) is 26.3 Å². The average molecular weight is 447 g/mol. The minimum atomic E-state index is -4.78. The largest absolute Gasteiger partial charge is 0.469 e. The molecular weight excluding hydrogens is 428 g/mol. The van der Waals surface area contributed by atoms with Crippen LogP contribution >= 0.6 is 0 Å². The zero-order valence-electron chi connectivity index (χ0n) is 16.6. The van der Waals surface area contributed by atoms with Gasteiger partial charge in [0.05, 0.1) is 29.8 Å². The van der Waals surface area contributed by atoms with Gasteiger partial charge in [-0.25, -0.2) is 0 Å². The van der Waals surface area contributed by atoms with Gasteiger partial charge in [0, 0.05) is 25.0 Å². The summed E-state index contributed by atoms with van der Waals surface area (Å²) in [6.45, 7) is 1.43. The second-order valence-corrected chi connectivity index (χ2v) is 6.98. The highest BCUT2D eigenvalue weighted by molar-refractivity contribution is 5.85. The van der Waals surface area contributed by atoms with E-state index in [1.54, 1.807) is 0 Å². The number of pyridine rings is 1. The maximum Gasteiger partial charge on any atom is 0.418 e. The molecule has 0 spiro atoms. The van der Waals surface area contributed by atoms with Crippen LogP contribution in [0.15, 0.2) is 42.6 Å². The Morgan fingerprint density at radius 2 is 1.58 bits per heavy atom. The fraction of sp³-hybridized carbons (Fsp3) is 0.381. The Balaban J connectivity index is 2.47. The van der Waals surface area contributed by atoms with Crippen LogP contribution in [-0.2, 0) is 26.7 Å². The molecule has 0 fully saturated rings. The Bertz CT molecular complexity index is 922. The third-order valence-corrected chi connectivity index (χ3v) is 4.68. The minimum absolute atomic E-state index is 0.0660. The highest BCUT2D eigenvalue weighted by Crippen LogP contribution is 2.39. The predicted octanol–water partition coefficient (Wildman–Crippen LogP) is 5.41. The first-order valence-corrected chi connectivity index (χ1v) is 9.13. The predicted molar refractivity (Wildman–Crippen MR) is 97.9 cm³/mol. The van der Waals surface area contributed by atoms with Crippen molar-refractivity contribution in [2.24, 2.45) is 5.92 Å². The normalized spacial score (nSPS) is 14.1. The van der Waals surface area contributed by atoms with Crippen LogP contribution in [0.4, 0.5) is 26.3 Å². The van der Waals surface area contributed by atoms with Gasteiger partial charge in [0.25, 0.3) is 0 Å². The van der Waals surface area contributed by atoms with Gasteiger partial charge in [0.2, 0.25) is 0 Å². The Labute approximate surface area is 174 Å². The number of ether oxygens (including phenoxy) is 1. The lowest BCUT2D eigenvalue weighted by atomic mass is 9.85. The molecule has 0 radical (unpaired) electrons. The summed E-state index contributed by atoms with van der Waals surface area (Å²) >= 11 is 0. The summed E-state index contributed by atoms with van der Waals surface area (Å²) in [6, 6.07) is 5.40. The second kappa shape index (κ2) is 9.49. The Kier molecular flexibility index (Phi) is 7.45. The topological polar surface area (TPSA) is 56.3 Å². The molecule has 4 nitrogen and oxygen atoms in total. The van der Waals surface area contributed by atoms with Crippen molar-refractivity contribution >= 4 is 11.8 Å². The van der Waals surface area contributed by atoms with Gasteiger partial charge in [0.15, 0.2) is 0 Å². The molecule has 168 valence electrons. The number of hydrogen-bond acceptors (Lipinski definition) is 4. The molecule has 0 aliphatic rings. The monoisotopic (exact) mass is 447 g/mol. The van der Waals surface area contributed by atoms with Crippen LogP contribution in [-0.4, -0.2) is 23.8 Å². The third kappa shape index (κ3) is 6.28. The van der Waals surface area contributed by atoms with Crippen molar-refractivity contribution in [2.45, 2.75) is 38.0 Å². The zero-order valence-corrected chi connectivity index (χ0v) is 16.6. The van der Waals surface area contributed by atoms with E-state index in [1.165, 1.54) is 6.92 Å². The quantitative estimate of drug-likeness (QED) is 0.421. The fourth-order valence-electron chi connectivity index (χ4n) is 3.15. The molecule has 10 heteroatoms. The Hall–Kier alpha value is -2.91. The number of rotatable bonds is 7. The van der Waals surface area contributed by atoms with Crippen LogP contribution in [0.1, 0.15) is 48.1 Å². The van der Waals surface area contributed by atoms with Crippen LogP contribution in [0.3, 0.4) is 0 Å². The molecule has 0 unspecified atom stereocenters. The number of methoxy groups -OCH3 is 1. The summed E-state index contributed by atoms with van der Waals surface area (Å²) < 4.78 is 83.7. The Morgan fingerprint density at radius 1 is 0.968 bits per heavy atom. The van der Waals surface area contributed by atoms with Gasteiger partial charge in [-0.05, 0) is 29.8 Å². The SMILES string of the molecule is COC(=O)[C@H](C)CC(=O)C[C@@H](c1ccc(C(F)(F)F)cc1)c1ncccc1C(F)(F)F. The number of halogens is 6. The number of alkyl halides is 6. The molecule has 0 bridgehead atoms. The molecule has 0 saturated carbocycles. The lowest BCUT2D eigenvalue weighted by molar-refractivity contribution is -0.146. The molecule has 0 N–H and O–H groups in total. The summed E-state index contributed by atoms with van der Waals surface area (Å²) in [4.78, 5) is 27.9. The minimum Gasteiger partial charge on any atom is -0.469 e. The number of Topliss-reactive ketones (excluding diaryl/α,β-unsaturated/α-hetero) is 1. The van der Waals surface area contributed by atoms with Crippen molar-refractivity contribution in [1.82, 2.24) is 4.98 Å². The standard InChI is InChI=1S/C21H19F6NO3/c1-12(19(30)31-2)10-15(29)11-16(13-5-7-14(8-6-13)20(22,23)24)18-17(21(25,26)27)4-3-9-28-18/h3-9,12,16H,10-11H2,1-2H3/t12-,16+/m1/s1. The van der Waals surface area contributed by atoms with E-state index < -0.39 is 59.2 Å². The molecule has 1 aromatic carbocycles. The number of carbonyl (C=O) groups excluding carboxylic acids is 2. The van der Waals surface area contributed by atoms with Gasteiger partial charge in [0.1, 0.15) is 5.78 Å². The van der Waals surface area contributed by atoms with Crippen LogP contribution in [0.2, 0.25) is 0 Å². The maximum absolute atomic E-state index is 13.5. The smallest absolute Gasteiger partial charge is 0.418 e. The van der Waals surface area contributed by atoms with Gasteiger partial charge in [-0.3, -0.25) is 14.6 Å². The first kappa shape index (κ1) is 24.4. The van der Waals surface area contributed by atoms with E-state index in [0.29, 0.717) is 0 Å². The summed E-state index contributed by atoms with van der Waals surface area (Å²) in [5.74, 6) is -3.29. The third-order valence-electron chi connectivity index (χ3n) is 4.68. The fourth-order valence-corrected chi connectivity index (χ4v) is 3.15. The molecule has 2 rings (SSSR count). The first-order chi connectivity index (χ1) is 14.3. The van der Waals surface area contributed by atoms with Crippen LogP contribution in [0.25, 0.3) is 0 Å². The van der Waals surface area contributed by atoms with Gasteiger partial charge >= 0.3 is 18.3 Å². The molecule has 0 amide bonds. The maximum atomic E-state index is 13.5. The Morgan fingerprint density at radius 3 is 2.10 bits per heavy atom. The number of esters is 1. The molecule has 0 aliphatic heterocycles. The number of aromatic nitrogens is 1. The molecule has 1 aromatic heterocycles. The highest BCUT2D eigenvalue weighted by atomic mass is 19.4. The summed E-state index contributed by atoms with van der Waals surface area (Å²) in [5, 5.41) is 0. The zero-order chi connectivity index (χ0) is 23.4. The van der Waals surface area contributed by atoms with E-state index in [1.807, 2.05) is 0 Å². The average Bonchev–Trinajstić information content (AvgIpc) is 2.70. The van der Waals surface area contributed by atoms with E-state index in [0.717, 1.165) is 49.7 Å².